The zero-order valence-corrected chi connectivity index (χ0v) is 6.23. The molecule has 58 valence electrons. The van der Waals surface area contributed by atoms with Crippen LogP contribution in [0.3, 0.4) is 0 Å². The van der Waals surface area contributed by atoms with E-state index in [9.17, 15) is 0 Å². The molecule has 0 spiro atoms. The highest BCUT2D eigenvalue weighted by Crippen LogP contribution is 2.16. The van der Waals surface area contributed by atoms with E-state index in [1.165, 1.54) is 0 Å². The summed E-state index contributed by atoms with van der Waals surface area (Å²) in [4.78, 5) is 0. The van der Waals surface area contributed by atoms with Crippen LogP contribution in [0.1, 0.15) is 5.56 Å². The normalized spacial score (nSPS) is 13.1. The molecule has 4 heteroatoms. The van der Waals surface area contributed by atoms with E-state index in [1.54, 1.807) is 6.21 Å². The largest absolute Gasteiger partial charge is 0.268 e. The van der Waals surface area contributed by atoms with Crippen LogP contribution in [-0.4, -0.2) is 11.3 Å². The molecule has 1 heterocycles. The monoisotopic (exact) mass is 158 g/mol. The summed E-state index contributed by atoms with van der Waals surface area (Å²) in [7, 11) is 0. The van der Waals surface area contributed by atoms with Crippen molar-refractivity contribution in [2.75, 3.05) is 5.43 Å². The van der Waals surface area contributed by atoms with Gasteiger partial charge in [0, 0.05) is 5.56 Å². The summed E-state index contributed by atoms with van der Waals surface area (Å²) < 4.78 is 0. The van der Waals surface area contributed by atoms with Gasteiger partial charge in [0.2, 0.25) is 6.19 Å². The lowest BCUT2D eigenvalue weighted by Gasteiger charge is -2.17. The molecule has 0 atom stereocenters. The van der Waals surface area contributed by atoms with Crippen LogP contribution in [0.5, 0.6) is 0 Å². The Balaban J connectivity index is 2.41. The minimum Gasteiger partial charge on any atom is -0.268 e. The van der Waals surface area contributed by atoms with E-state index in [1.807, 2.05) is 30.5 Å². The maximum atomic E-state index is 8.52. The number of nitrogens with zero attached hydrogens (tertiary/aromatic N) is 3. The highest BCUT2D eigenvalue weighted by molar-refractivity contribution is 5.88. The molecule has 12 heavy (non-hydrogen) atoms. The molecule has 0 aliphatic carbocycles. The van der Waals surface area contributed by atoms with Crippen molar-refractivity contribution in [1.82, 2.24) is 5.12 Å². The molecule has 0 unspecified atom stereocenters. The number of hydrazine groups is 1. The summed E-state index contributed by atoms with van der Waals surface area (Å²) >= 11 is 0. The number of nitrogens with one attached hydrogen (secondary N) is 1. The van der Waals surface area contributed by atoms with Crippen molar-refractivity contribution in [2.24, 2.45) is 5.10 Å². The number of benzene rings is 1. The maximum absolute atomic E-state index is 8.52. The number of hydrogen-bond donors (Lipinski definition) is 1. The summed E-state index contributed by atoms with van der Waals surface area (Å²) in [6.45, 7) is 0. The summed E-state index contributed by atoms with van der Waals surface area (Å²) in [5.74, 6) is 0. The molecule has 1 aliphatic rings. The van der Waals surface area contributed by atoms with Gasteiger partial charge in [-0.15, -0.1) is 10.2 Å². The zero-order valence-electron chi connectivity index (χ0n) is 6.23. The van der Waals surface area contributed by atoms with Crippen LogP contribution in [0.15, 0.2) is 29.4 Å². The van der Waals surface area contributed by atoms with Crippen molar-refractivity contribution < 1.29 is 0 Å². The number of fused-ring (bicyclic) bond motifs is 1. The third-order valence-electron chi connectivity index (χ3n) is 1.59. The smallest absolute Gasteiger partial charge is 0.223 e. The fraction of sp³-hybridized carbons (Fsp3) is 0. The van der Waals surface area contributed by atoms with Crippen LogP contribution in [0.4, 0.5) is 5.69 Å². The first-order valence-electron chi connectivity index (χ1n) is 3.50. The average Bonchev–Trinajstić information content (AvgIpc) is 2.17. The summed E-state index contributed by atoms with van der Waals surface area (Å²) in [5, 5.41) is 13.5. The van der Waals surface area contributed by atoms with E-state index < -0.39 is 0 Å². The molecule has 2 rings (SSSR count). The van der Waals surface area contributed by atoms with Crippen molar-refractivity contribution in [3.05, 3.63) is 29.8 Å². The Kier molecular flexibility index (Phi) is 1.42. The lowest BCUT2D eigenvalue weighted by Crippen LogP contribution is -2.22. The number of para-hydroxylation sites is 1. The van der Waals surface area contributed by atoms with Crippen molar-refractivity contribution >= 4 is 11.9 Å². The first-order valence-corrected chi connectivity index (χ1v) is 3.50. The van der Waals surface area contributed by atoms with Gasteiger partial charge in [0.15, 0.2) is 0 Å². The molecule has 1 N–H and O–H groups in total. The predicted molar refractivity (Wildman–Crippen MR) is 45.1 cm³/mol. The molecule has 0 bridgehead atoms. The van der Waals surface area contributed by atoms with Gasteiger partial charge in [-0.2, -0.15) is 5.26 Å². The summed E-state index contributed by atoms with van der Waals surface area (Å²) in [6, 6.07) is 7.65. The minimum atomic E-state index is 0.897. The lowest BCUT2D eigenvalue weighted by atomic mass is 10.2. The van der Waals surface area contributed by atoms with Gasteiger partial charge in [-0.05, 0) is 6.07 Å². The van der Waals surface area contributed by atoms with E-state index in [0.29, 0.717) is 0 Å². The fourth-order valence-electron chi connectivity index (χ4n) is 1.03. The Morgan fingerprint density at radius 2 is 2.25 bits per heavy atom. The standard InChI is InChI=1S/C8H6N4/c9-6-12-10-5-7-3-1-2-4-8(7)11-12/h1-5,11H. The topological polar surface area (TPSA) is 51.4 Å². The molecule has 4 nitrogen and oxygen atoms in total. The first kappa shape index (κ1) is 6.68. The van der Waals surface area contributed by atoms with Crippen LogP contribution in [-0.2, 0) is 0 Å². The number of anilines is 1. The van der Waals surface area contributed by atoms with E-state index >= 15 is 0 Å². The Morgan fingerprint density at radius 1 is 1.42 bits per heavy atom. The first-order chi connectivity index (χ1) is 5.90. The van der Waals surface area contributed by atoms with Crippen molar-refractivity contribution in [3.63, 3.8) is 0 Å². The molecule has 0 radical (unpaired) electrons. The molecule has 1 aromatic carbocycles. The Bertz CT molecular complexity index is 364. The highest BCUT2D eigenvalue weighted by Gasteiger charge is 2.07. The average molecular weight is 158 g/mol. The van der Waals surface area contributed by atoms with Gasteiger partial charge in [-0.1, -0.05) is 18.2 Å². The second kappa shape index (κ2) is 2.55. The maximum Gasteiger partial charge on any atom is 0.223 e. The van der Waals surface area contributed by atoms with Crippen LogP contribution >= 0.6 is 0 Å². The third kappa shape index (κ3) is 0.974. The third-order valence-corrected chi connectivity index (χ3v) is 1.59. The Morgan fingerprint density at radius 3 is 3.08 bits per heavy atom. The van der Waals surface area contributed by atoms with Crippen molar-refractivity contribution in [3.8, 4) is 6.19 Å². The van der Waals surface area contributed by atoms with Crippen LogP contribution in [0.25, 0.3) is 0 Å². The van der Waals surface area contributed by atoms with E-state index in [2.05, 4.69) is 10.5 Å². The van der Waals surface area contributed by atoms with Crippen LogP contribution in [0.2, 0.25) is 0 Å². The van der Waals surface area contributed by atoms with Crippen molar-refractivity contribution in [2.45, 2.75) is 0 Å². The number of nitriles is 1. The molecular formula is C8H6N4. The summed E-state index contributed by atoms with van der Waals surface area (Å²) in [6.07, 6.45) is 3.52. The van der Waals surface area contributed by atoms with Crippen LogP contribution in [0, 0.1) is 11.5 Å². The van der Waals surface area contributed by atoms with E-state index in [0.717, 1.165) is 16.4 Å². The highest BCUT2D eigenvalue weighted by atomic mass is 15.7. The summed E-state index contributed by atoms with van der Waals surface area (Å²) in [5.41, 5.74) is 4.71. The molecule has 0 saturated heterocycles. The van der Waals surface area contributed by atoms with Gasteiger partial charge in [0.1, 0.15) is 0 Å². The quantitative estimate of drug-likeness (QED) is 0.576. The molecule has 1 aromatic rings. The molecule has 0 amide bonds. The number of rotatable bonds is 0. The number of hydrazone groups is 1. The van der Waals surface area contributed by atoms with Gasteiger partial charge in [0.25, 0.3) is 0 Å². The Hall–Kier alpha value is -2.02. The van der Waals surface area contributed by atoms with E-state index in [-0.39, 0.29) is 0 Å². The number of hydrogen-bond acceptors (Lipinski definition) is 4. The van der Waals surface area contributed by atoms with Gasteiger partial charge < -0.3 is 0 Å². The lowest BCUT2D eigenvalue weighted by molar-refractivity contribution is 0.498. The molecule has 0 aromatic heterocycles. The SMILES string of the molecule is N#CN1N=Cc2ccccc2N1. The minimum absolute atomic E-state index is 0.897. The van der Waals surface area contributed by atoms with Gasteiger partial charge in [0.05, 0.1) is 11.9 Å². The van der Waals surface area contributed by atoms with Crippen molar-refractivity contribution in [1.29, 1.82) is 5.26 Å². The second-order valence-electron chi connectivity index (χ2n) is 2.36. The van der Waals surface area contributed by atoms with Gasteiger partial charge in [-0.3, -0.25) is 5.43 Å². The molecule has 0 fully saturated rings. The Labute approximate surface area is 69.7 Å². The van der Waals surface area contributed by atoms with Crippen LogP contribution < -0.4 is 5.43 Å². The van der Waals surface area contributed by atoms with E-state index in [4.69, 9.17) is 5.26 Å². The molecule has 1 aliphatic heterocycles. The zero-order chi connectivity index (χ0) is 8.39. The fourth-order valence-corrected chi connectivity index (χ4v) is 1.03. The molecular weight excluding hydrogens is 152 g/mol. The molecule has 0 saturated carbocycles. The predicted octanol–water partition coefficient (Wildman–Crippen LogP) is 1.14. The second-order valence-corrected chi connectivity index (χ2v) is 2.36. The van der Waals surface area contributed by atoms with Gasteiger partial charge >= 0.3 is 0 Å². The van der Waals surface area contributed by atoms with Gasteiger partial charge in [-0.25, -0.2) is 0 Å².